The Bertz CT molecular complexity index is 1850. The van der Waals surface area contributed by atoms with Crippen LogP contribution >= 0.6 is 11.8 Å². The SMILES string of the molecule is CC(=O)Nc1ccc(S(=O)(=O)NC(Cc2ccccc2)c2nnc(SCc3ccccc3)n2-c2ccc([N+](=O)[O-])cc2)cc1. The van der Waals surface area contributed by atoms with E-state index >= 15 is 0 Å². The number of nitrogens with zero attached hydrogens (tertiary/aromatic N) is 4. The van der Waals surface area contributed by atoms with Gasteiger partial charge < -0.3 is 5.32 Å². The molecule has 13 heteroatoms. The fourth-order valence-electron chi connectivity index (χ4n) is 4.50. The van der Waals surface area contributed by atoms with Crippen LogP contribution in [-0.2, 0) is 27.0 Å². The highest BCUT2D eigenvalue weighted by Crippen LogP contribution is 2.31. The number of anilines is 1. The third-order valence-corrected chi connectivity index (χ3v) is 9.05. The van der Waals surface area contributed by atoms with Crippen molar-refractivity contribution in [1.82, 2.24) is 19.5 Å². The van der Waals surface area contributed by atoms with Crippen molar-refractivity contribution in [3.05, 3.63) is 136 Å². The first-order valence-corrected chi connectivity index (χ1v) is 16.0. The smallest absolute Gasteiger partial charge is 0.269 e. The average molecular weight is 629 g/mol. The maximum absolute atomic E-state index is 13.7. The van der Waals surface area contributed by atoms with Crippen LogP contribution < -0.4 is 10.0 Å². The normalized spacial score (nSPS) is 12.0. The summed E-state index contributed by atoms with van der Waals surface area (Å²) in [5, 5.41) is 23.4. The van der Waals surface area contributed by atoms with Gasteiger partial charge in [-0.05, 0) is 53.9 Å². The van der Waals surface area contributed by atoms with E-state index in [0.717, 1.165) is 11.1 Å². The average Bonchev–Trinajstić information content (AvgIpc) is 3.45. The Kier molecular flexibility index (Phi) is 9.48. The van der Waals surface area contributed by atoms with Crippen LogP contribution in [0.15, 0.2) is 119 Å². The molecule has 0 aliphatic rings. The number of nitro benzene ring substituents is 1. The molecule has 0 fully saturated rings. The molecular formula is C31H28N6O5S2. The summed E-state index contributed by atoms with van der Waals surface area (Å²) in [7, 11) is -4.08. The van der Waals surface area contributed by atoms with Gasteiger partial charge in [0.2, 0.25) is 15.9 Å². The standard InChI is InChI=1S/C31H28N6O5S2/c1-22(38)32-25-12-18-28(19-13-25)44(41,42)35-29(20-23-8-4-2-5-9-23)30-33-34-31(43-21-24-10-6-3-7-11-24)36(30)26-14-16-27(17-15-26)37(39)40/h2-19,29,35H,20-21H2,1H3,(H,32,38). The van der Waals surface area contributed by atoms with Gasteiger partial charge in [0, 0.05) is 36.2 Å². The van der Waals surface area contributed by atoms with E-state index < -0.39 is 21.0 Å². The molecule has 2 N–H and O–H groups in total. The van der Waals surface area contributed by atoms with Gasteiger partial charge in [-0.3, -0.25) is 19.5 Å². The van der Waals surface area contributed by atoms with Crippen molar-refractivity contribution in [3.8, 4) is 5.69 Å². The van der Waals surface area contributed by atoms with Gasteiger partial charge in [-0.2, -0.15) is 0 Å². The minimum atomic E-state index is -4.08. The van der Waals surface area contributed by atoms with Gasteiger partial charge in [0.1, 0.15) is 0 Å². The second kappa shape index (κ2) is 13.6. The van der Waals surface area contributed by atoms with Crippen molar-refractivity contribution in [1.29, 1.82) is 0 Å². The predicted molar refractivity (Wildman–Crippen MR) is 168 cm³/mol. The lowest BCUT2D eigenvalue weighted by atomic mass is 10.1. The number of hydrogen-bond acceptors (Lipinski definition) is 8. The van der Waals surface area contributed by atoms with E-state index in [9.17, 15) is 23.3 Å². The van der Waals surface area contributed by atoms with E-state index in [0.29, 0.717) is 28.1 Å². The first kappa shape index (κ1) is 30.6. The Morgan fingerprint density at radius 2 is 1.50 bits per heavy atom. The lowest BCUT2D eigenvalue weighted by Gasteiger charge is -2.20. The molecule has 1 aromatic heterocycles. The number of non-ortho nitro benzene ring substituents is 1. The van der Waals surface area contributed by atoms with Crippen molar-refractivity contribution in [2.75, 3.05) is 5.32 Å². The Morgan fingerprint density at radius 1 is 0.886 bits per heavy atom. The Labute approximate surface area is 258 Å². The van der Waals surface area contributed by atoms with Gasteiger partial charge in [0.15, 0.2) is 11.0 Å². The predicted octanol–water partition coefficient (Wildman–Crippen LogP) is 5.69. The number of aromatic nitrogens is 3. The molecule has 0 saturated heterocycles. The second-order valence-electron chi connectivity index (χ2n) is 9.79. The molecular weight excluding hydrogens is 601 g/mol. The number of nitrogens with one attached hydrogen (secondary N) is 2. The molecule has 11 nitrogen and oxygen atoms in total. The zero-order valence-electron chi connectivity index (χ0n) is 23.5. The maximum Gasteiger partial charge on any atom is 0.269 e. The van der Waals surface area contributed by atoms with Crippen LogP contribution in [0, 0.1) is 10.1 Å². The maximum atomic E-state index is 13.7. The minimum absolute atomic E-state index is 0.00439. The zero-order valence-corrected chi connectivity index (χ0v) is 25.2. The first-order chi connectivity index (χ1) is 21.2. The highest BCUT2D eigenvalue weighted by atomic mass is 32.2. The molecule has 0 spiro atoms. The Hall–Kier alpha value is -4.85. The van der Waals surface area contributed by atoms with Crippen LogP contribution in [0.1, 0.15) is 29.9 Å². The first-order valence-electron chi connectivity index (χ1n) is 13.5. The number of thioether (sulfide) groups is 1. The molecule has 0 aliphatic carbocycles. The van der Waals surface area contributed by atoms with Crippen LogP contribution in [-0.4, -0.2) is 34.0 Å². The zero-order chi connectivity index (χ0) is 31.1. The largest absolute Gasteiger partial charge is 0.326 e. The number of nitro groups is 1. The van der Waals surface area contributed by atoms with E-state index in [4.69, 9.17) is 0 Å². The Balaban J connectivity index is 1.56. The fraction of sp³-hybridized carbons (Fsp3) is 0.129. The fourth-order valence-corrected chi connectivity index (χ4v) is 6.61. The molecule has 1 amide bonds. The topological polar surface area (TPSA) is 149 Å². The van der Waals surface area contributed by atoms with Gasteiger partial charge in [0.25, 0.3) is 5.69 Å². The van der Waals surface area contributed by atoms with Gasteiger partial charge in [-0.15, -0.1) is 10.2 Å². The van der Waals surface area contributed by atoms with Crippen molar-refractivity contribution >= 4 is 39.1 Å². The number of carbonyl (C=O) groups is 1. The number of sulfonamides is 1. The molecule has 0 saturated carbocycles. The number of benzene rings is 4. The van der Waals surface area contributed by atoms with Gasteiger partial charge >= 0.3 is 0 Å². The molecule has 224 valence electrons. The number of hydrogen-bond donors (Lipinski definition) is 2. The van der Waals surface area contributed by atoms with E-state index in [2.05, 4.69) is 20.2 Å². The molecule has 0 radical (unpaired) electrons. The summed E-state index contributed by atoms with van der Waals surface area (Å²) in [5.74, 6) is 0.617. The third kappa shape index (κ3) is 7.56. The number of rotatable bonds is 12. The summed E-state index contributed by atoms with van der Waals surface area (Å²) < 4.78 is 31.9. The molecule has 1 heterocycles. The van der Waals surface area contributed by atoms with Crippen molar-refractivity contribution in [3.63, 3.8) is 0 Å². The van der Waals surface area contributed by atoms with Gasteiger partial charge in [-0.25, -0.2) is 13.1 Å². The number of carbonyl (C=O) groups excluding carboxylic acids is 1. The third-order valence-electron chi connectivity index (χ3n) is 6.56. The van der Waals surface area contributed by atoms with E-state index in [1.54, 1.807) is 16.7 Å². The van der Waals surface area contributed by atoms with Crippen LogP contribution in [0.25, 0.3) is 5.69 Å². The molecule has 0 bridgehead atoms. The van der Waals surface area contributed by atoms with Gasteiger partial charge in [-0.1, -0.05) is 72.4 Å². The highest BCUT2D eigenvalue weighted by Gasteiger charge is 2.28. The summed E-state index contributed by atoms with van der Waals surface area (Å²) in [5.41, 5.74) is 2.85. The lowest BCUT2D eigenvalue weighted by molar-refractivity contribution is -0.384. The Morgan fingerprint density at radius 3 is 2.09 bits per heavy atom. The molecule has 5 aromatic rings. The summed E-state index contributed by atoms with van der Waals surface area (Å²) in [6.07, 6.45) is 0.249. The second-order valence-corrected chi connectivity index (χ2v) is 12.4. The van der Waals surface area contributed by atoms with E-state index in [1.165, 1.54) is 55.1 Å². The summed E-state index contributed by atoms with van der Waals surface area (Å²) in [4.78, 5) is 22.3. The van der Waals surface area contributed by atoms with Crippen molar-refractivity contribution in [2.24, 2.45) is 0 Å². The van der Waals surface area contributed by atoms with Gasteiger partial charge in [0.05, 0.1) is 15.9 Å². The molecule has 4 aromatic carbocycles. The molecule has 0 aliphatic heterocycles. The molecule has 5 rings (SSSR count). The summed E-state index contributed by atoms with van der Waals surface area (Å²) in [6, 6.07) is 30.1. The molecule has 1 atom stereocenters. The highest BCUT2D eigenvalue weighted by molar-refractivity contribution is 7.98. The van der Waals surface area contributed by atoms with Crippen molar-refractivity contribution < 1.29 is 18.1 Å². The van der Waals surface area contributed by atoms with Crippen LogP contribution in [0.3, 0.4) is 0 Å². The quantitative estimate of drug-likeness (QED) is 0.102. The van der Waals surface area contributed by atoms with Crippen molar-refractivity contribution in [2.45, 2.75) is 35.2 Å². The van der Waals surface area contributed by atoms with Crippen LogP contribution in [0.5, 0.6) is 0 Å². The molecule has 1 unspecified atom stereocenters. The van der Waals surface area contributed by atoms with Crippen LogP contribution in [0.2, 0.25) is 0 Å². The molecule has 44 heavy (non-hydrogen) atoms. The minimum Gasteiger partial charge on any atom is -0.326 e. The summed E-state index contributed by atoms with van der Waals surface area (Å²) in [6.45, 7) is 1.37. The summed E-state index contributed by atoms with van der Waals surface area (Å²) >= 11 is 1.41. The number of amides is 1. The monoisotopic (exact) mass is 628 g/mol. The lowest BCUT2D eigenvalue weighted by Crippen LogP contribution is -2.32. The van der Waals surface area contributed by atoms with Crippen LogP contribution in [0.4, 0.5) is 11.4 Å². The van der Waals surface area contributed by atoms with E-state index in [-0.39, 0.29) is 22.9 Å². The van der Waals surface area contributed by atoms with E-state index in [1.807, 2.05) is 60.7 Å².